The van der Waals surface area contributed by atoms with Crippen molar-refractivity contribution in [2.24, 2.45) is 5.92 Å². The number of hydrogen-bond acceptors (Lipinski definition) is 5. The summed E-state index contributed by atoms with van der Waals surface area (Å²) in [6, 6.07) is 4.59. The first kappa shape index (κ1) is 18.8. The zero-order valence-corrected chi connectivity index (χ0v) is 14.9. The van der Waals surface area contributed by atoms with Crippen molar-refractivity contribution in [3.63, 3.8) is 0 Å². The van der Waals surface area contributed by atoms with Gasteiger partial charge in [0, 0.05) is 17.5 Å². The van der Waals surface area contributed by atoms with E-state index in [-0.39, 0.29) is 36.2 Å². The van der Waals surface area contributed by atoms with Crippen LogP contribution in [0.2, 0.25) is 10.0 Å². The summed E-state index contributed by atoms with van der Waals surface area (Å²) in [5, 5.41) is 0.716. The maximum atomic E-state index is 11.7. The van der Waals surface area contributed by atoms with Gasteiger partial charge in [0.25, 0.3) is 5.91 Å². The van der Waals surface area contributed by atoms with Crippen molar-refractivity contribution in [1.29, 1.82) is 0 Å². The second-order valence-electron chi connectivity index (χ2n) is 5.43. The van der Waals surface area contributed by atoms with Gasteiger partial charge in [0.1, 0.15) is 5.75 Å². The summed E-state index contributed by atoms with van der Waals surface area (Å²) >= 11 is 11.7. The Morgan fingerprint density at radius 3 is 2.58 bits per heavy atom. The van der Waals surface area contributed by atoms with Crippen LogP contribution in [-0.4, -0.2) is 38.3 Å². The average molecular weight is 395 g/mol. The van der Waals surface area contributed by atoms with Crippen molar-refractivity contribution in [2.45, 2.75) is 12.8 Å². The van der Waals surface area contributed by atoms with E-state index in [1.54, 1.807) is 6.07 Å². The van der Waals surface area contributed by atoms with Crippen molar-refractivity contribution in [3.8, 4) is 5.75 Å². The van der Waals surface area contributed by atoms with Crippen LogP contribution in [0.1, 0.15) is 12.8 Å². The molecule has 1 aliphatic rings. The number of amides is 2. The van der Waals surface area contributed by atoms with Gasteiger partial charge in [-0.2, -0.15) is 0 Å². The molecule has 7 nitrogen and oxygen atoms in total. The number of hydrazine groups is 1. The second-order valence-corrected chi connectivity index (χ2v) is 8.51. The van der Waals surface area contributed by atoms with Crippen molar-refractivity contribution in [3.05, 3.63) is 28.2 Å². The van der Waals surface area contributed by atoms with Gasteiger partial charge < -0.3 is 4.74 Å². The van der Waals surface area contributed by atoms with E-state index in [4.69, 9.17) is 27.9 Å². The molecule has 1 heterocycles. The number of ether oxygens (including phenoxy) is 1. The standard InChI is InChI=1S/C14H16Cl2N2O5S/c15-10-1-2-11(16)12(6-10)23-7-14(20)18-17-13(19)5-9-3-4-24(21,22)8-9/h1-2,6,9H,3-5,7-8H2,(H,17,19)(H,18,20)/t9-/m1/s1. The van der Waals surface area contributed by atoms with Crippen molar-refractivity contribution >= 4 is 44.9 Å². The van der Waals surface area contributed by atoms with Crippen molar-refractivity contribution < 1.29 is 22.7 Å². The molecule has 10 heteroatoms. The molecule has 0 unspecified atom stereocenters. The molecule has 1 aromatic rings. The normalized spacial score (nSPS) is 18.8. The van der Waals surface area contributed by atoms with Crippen LogP contribution in [0.15, 0.2) is 18.2 Å². The fraction of sp³-hybridized carbons (Fsp3) is 0.429. The van der Waals surface area contributed by atoms with Gasteiger partial charge in [-0.25, -0.2) is 8.42 Å². The van der Waals surface area contributed by atoms with Crippen LogP contribution in [0.4, 0.5) is 0 Å². The summed E-state index contributed by atoms with van der Waals surface area (Å²) in [6.45, 7) is -0.363. The van der Waals surface area contributed by atoms with E-state index in [2.05, 4.69) is 10.9 Å². The van der Waals surface area contributed by atoms with Crippen molar-refractivity contribution in [2.75, 3.05) is 18.1 Å². The third-order valence-corrected chi connectivity index (χ3v) is 5.78. The van der Waals surface area contributed by atoms with E-state index in [1.165, 1.54) is 12.1 Å². The number of rotatable bonds is 5. The van der Waals surface area contributed by atoms with Gasteiger partial charge in [-0.05, 0) is 24.5 Å². The van der Waals surface area contributed by atoms with E-state index in [0.717, 1.165) is 0 Å². The Hall–Kier alpha value is -1.51. The fourth-order valence-corrected chi connectivity index (χ4v) is 4.45. The first-order valence-corrected chi connectivity index (χ1v) is 9.69. The number of nitrogens with one attached hydrogen (secondary N) is 2. The Kier molecular flexibility index (Phi) is 6.31. The van der Waals surface area contributed by atoms with Gasteiger partial charge in [0.05, 0.1) is 16.5 Å². The molecule has 0 aromatic heterocycles. The fourth-order valence-electron chi connectivity index (χ4n) is 2.25. The molecule has 0 spiro atoms. The summed E-state index contributed by atoms with van der Waals surface area (Å²) in [6.07, 6.45) is 0.501. The summed E-state index contributed by atoms with van der Waals surface area (Å²) in [4.78, 5) is 23.3. The SMILES string of the molecule is O=C(COc1cc(Cl)ccc1Cl)NNC(=O)C[C@H]1CCS(=O)(=O)C1. The Bertz CT molecular complexity index is 739. The van der Waals surface area contributed by atoms with Crippen LogP contribution in [0.25, 0.3) is 0 Å². The number of carbonyl (C=O) groups is 2. The number of benzene rings is 1. The Labute approximate surface area is 149 Å². The predicted octanol–water partition coefficient (Wildman–Crippen LogP) is 1.34. The van der Waals surface area contributed by atoms with Crippen LogP contribution >= 0.6 is 23.2 Å². The zero-order chi connectivity index (χ0) is 17.7. The quantitative estimate of drug-likeness (QED) is 0.733. The first-order valence-electron chi connectivity index (χ1n) is 7.11. The molecule has 1 saturated heterocycles. The Morgan fingerprint density at radius 2 is 1.92 bits per heavy atom. The molecular formula is C14H16Cl2N2O5S. The largest absolute Gasteiger partial charge is 0.482 e. The molecule has 1 fully saturated rings. The molecule has 132 valence electrons. The molecule has 2 rings (SSSR count). The number of carbonyl (C=O) groups excluding carboxylic acids is 2. The predicted molar refractivity (Wildman–Crippen MR) is 89.6 cm³/mol. The summed E-state index contributed by atoms with van der Waals surface area (Å²) < 4.78 is 27.9. The van der Waals surface area contributed by atoms with Gasteiger partial charge in [-0.15, -0.1) is 0 Å². The van der Waals surface area contributed by atoms with Gasteiger partial charge in [0.15, 0.2) is 16.4 Å². The van der Waals surface area contributed by atoms with Gasteiger partial charge in [-0.1, -0.05) is 23.2 Å². The Balaban J connectivity index is 1.71. The van der Waals surface area contributed by atoms with Gasteiger partial charge in [-0.3, -0.25) is 20.4 Å². The highest BCUT2D eigenvalue weighted by Gasteiger charge is 2.29. The third-order valence-electron chi connectivity index (χ3n) is 3.39. The van der Waals surface area contributed by atoms with E-state index < -0.39 is 21.7 Å². The molecule has 1 aromatic carbocycles. The summed E-state index contributed by atoms with van der Waals surface area (Å²) in [5.74, 6) is -0.893. The molecule has 0 radical (unpaired) electrons. The van der Waals surface area contributed by atoms with Crippen LogP contribution in [-0.2, 0) is 19.4 Å². The molecule has 24 heavy (non-hydrogen) atoms. The number of sulfone groups is 1. The monoisotopic (exact) mass is 394 g/mol. The molecule has 2 N–H and O–H groups in total. The van der Waals surface area contributed by atoms with Gasteiger partial charge in [0.2, 0.25) is 5.91 Å². The lowest BCUT2D eigenvalue weighted by atomic mass is 10.1. The number of halogens is 2. The minimum atomic E-state index is -3.03. The van der Waals surface area contributed by atoms with E-state index in [0.29, 0.717) is 16.5 Å². The molecule has 0 bridgehead atoms. The maximum absolute atomic E-state index is 11.7. The van der Waals surface area contributed by atoms with E-state index in [1.807, 2.05) is 0 Å². The lowest BCUT2D eigenvalue weighted by Crippen LogP contribution is -2.44. The summed E-state index contributed by atoms with van der Waals surface area (Å²) in [7, 11) is -3.03. The minimum Gasteiger partial charge on any atom is -0.482 e. The third kappa shape index (κ3) is 5.85. The molecule has 0 saturated carbocycles. The van der Waals surface area contributed by atoms with Crippen LogP contribution in [0.3, 0.4) is 0 Å². The molecular weight excluding hydrogens is 379 g/mol. The molecule has 1 atom stereocenters. The first-order chi connectivity index (χ1) is 11.2. The van der Waals surface area contributed by atoms with Crippen LogP contribution in [0.5, 0.6) is 5.75 Å². The Morgan fingerprint density at radius 1 is 1.21 bits per heavy atom. The smallest absolute Gasteiger partial charge is 0.276 e. The lowest BCUT2D eigenvalue weighted by Gasteiger charge is -2.11. The highest BCUT2D eigenvalue weighted by Crippen LogP contribution is 2.27. The van der Waals surface area contributed by atoms with E-state index >= 15 is 0 Å². The van der Waals surface area contributed by atoms with Crippen LogP contribution < -0.4 is 15.6 Å². The summed E-state index contributed by atoms with van der Waals surface area (Å²) in [5.41, 5.74) is 4.42. The topological polar surface area (TPSA) is 102 Å². The van der Waals surface area contributed by atoms with E-state index in [9.17, 15) is 18.0 Å². The minimum absolute atomic E-state index is 0.00471. The second kappa shape index (κ2) is 8.04. The highest BCUT2D eigenvalue weighted by molar-refractivity contribution is 7.91. The average Bonchev–Trinajstić information content (AvgIpc) is 2.85. The number of hydrogen-bond donors (Lipinski definition) is 2. The molecule has 0 aliphatic carbocycles. The van der Waals surface area contributed by atoms with Crippen molar-refractivity contribution in [1.82, 2.24) is 10.9 Å². The molecule has 1 aliphatic heterocycles. The highest BCUT2D eigenvalue weighted by atomic mass is 35.5. The van der Waals surface area contributed by atoms with Gasteiger partial charge >= 0.3 is 0 Å². The molecule has 2 amide bonds. The van der Waals surface area contributed by atoms with Crippen LogP contribution in [0, 0.1) is 5.92 Å². The zero-order valence-electron chi connectivity index (χ0n) is 12.6. The lowest BCUT2D eigenvalue weighted by molar-refractivity contribution is -0.130. The maximum Gasteiger partial charge on any atom is 0.276 e.